The smallest absolute Gasteiger partial charge is 0.304 e. The predicted octanol–water partition coefficient (Wildman–Crippen LogP) is 1.91. The maximum atomic E-state index is 10.4. The van der Waals surface area contributed by atoms with Crippen LogP contribution in [0.4, 0.5) is 0 Å². The normalized spacial score (nSPS) is 11.7. The van der Waals surface area contributed by atoms with E-state index in [-0.39, 0.29) is 11.7 Å². The van der Waals surface area contributed by atoms with Crippen molar-refractivity contribution in [3.8, 4) is 6.07 Å². The summed E-state index contributed by atoms with van der Waals surface area (Å²) in [5.74, 6) is -0.827. The minimum atomic E-state index is -0.827. The van der Waals surface area contributed by atoms with Crippen molar-refractivity contribution in [1.82, 2.24) is 4.98 Å². The second-order valence-electron chi connectivity index (χ2n) is 3.02. The fourth-order valence-electron chi connectivity index (χ4n) is 1.04. The first-order valence-corrected chi connectivity index (χ1v) is 5.24. The van der Waals surface area contributed by atoms with Crippen LogP contribution in [0.2, 0.25) is 0 Å². The molecule has 1 unspecified atom stereocenters. The van der Waals surface area contributed by atoms with Crippen molar-refractivity contribution in [3.63, 3.8) is 0 Å². The first-order chi connectivity index (χ1) is 7.11. The van der Waals surface area contributed by atoms with Crippen LogP contribution in [0, 0.1) is 11.3 Å². The summed E-state index contributed by atoms with van der Waals surface area (Å²) < 4.78 is 0. The fraction of sp³-hybridized carbons (Fsp3) is 0.300. The van der Waals surface area contributed by atoms with E-state index in [0.29, 0.717) is 10.6 Å². The molecule has 0 aliphatic carbocycles. The van der Waals surface area contributed by atoms with Crippen molar-refractivity contribution in [2.45, 2.75) is 23.6 Å². The highest BCUT2D eigenvalue weighted by Crippen LogP contribution is 2.23. The number of thioether (sulfide) groups is 1. The quantitative estimate of drug-likeness (QED) is 0.787. The Morgan fingerprint density at radius 1 is 1.80 bits per heavy atom. The minimum Gasteiger partial charge on any atom is -0.481 e. The zero-order valence-corrected chi connectivity index (χ0v) is 8.99. The van der Waals surface area contributed by atoms with E-state index >= 15 is 0 Å². The van der Waals surface area contributed by atoms with E-state index < -0.39 is 5.97 Å². The molecule has 0 aromatic carbocycles. The molecule has 0 aliphatic heterocycles. The van der Waals surface area contributed by atoms with Gasteiger partial charge < -0.3 is 5.11 Å². The van der Waals surface area contributed by atoms with E-state index in [1.54, 1.807) is 18.3 Å². The van der Waals surface area contributed by atoms with Crippen molar-refractivity contribution in [3.05, 3.63) is 23.9 Å². The third kappa shape index (κ3) is 4.00. The van der Waals surface area contributed by atoms with Gasteiger partial charge >= 0.3 is 5.97 Å². The number of pyridine rings is 1. The Kier molecular flexibility index (Phi) is 4.13. The van der Waals surface area contributed by atoms with Crippen LogP contribution in [0.3, 0.4) is 0 Å². The molecule has 4 nitrogen and oxygen atoms in total. The van der Waals surface area contributed by atoms with Crippen molar-refractivity contribution in [2.75, 3.05) is 0 Å². The SMILES string of the molecule is CC(CC(=O)O)Sc1cc(C#N)ccn1. The lowest BCUT2D eigenvalue weighted by atomic mass is 10.3. The summed E-state index contributed by atoms with van der Waals surface area (Å²) >= 11 is 1.36. The number of rotatable bonds is 4. The van der Waals surface area contributed by atoms with Gasteiger partial charge in [-0.15, -0.1) is 11.8 Å². The average Bonchev–Trinajstić information content (AvgIpc) is 2.16. The molecule has 0 radical (unpaired) electrons. The number of aromatic nitrogens is 1. The van der Waals surface area contributed by atoms with Crippen LogP contribution in [-0.2, 0) is 4.79 Å². The fourth-order valence-corrected chi connectivity index (χ4v) is 1.99. The van der Waals surface area contributed by atoms with Gasteiger partial charge in [0.15, 0.2) is 0 Å². The Morgan fingerprint density at radius 2 is 2.53 bits per heavy atom. The lowest BCUT2D eigenvalue weighted by Gasteiger charge is -2.06. The largest absolute Gasteiger partial charge is 0.481 e. The monoisotopic (exact) mass is 222 g/mol. The molecule has 1 aromatic rings. The van der Waals surface area contributed by atoms with Crippen LogP contribution in [-0.4, -0.2) is 21.3 Å². The Bertz CT molecular complexity index is 401. The van der Waals surface area contributed by atoms with E-state index in [2.05, 4.69) is 4.98 Å². The zero-order valence-electron chi connectivity index (χ0n) is 8.17. The number of nitrogens with zero attached hydrogens (tertiary/aromatic N) is 2. The molecule has 78 valence electrons. The summed E-state index contributed by atoms with van der Waals surface area (Å²) in [5, 5.41) is 17.9. The third-order valence-electron chi connectivity index (χ3n) is 1.65. The molecule has 0 aliphatic rings. The van der Waals surface area contributed by atoms with E-state index in [9.17, 15) is 4.79 Å². The van der Waals surface area contributed by atoms with Gasteiger partial charge in [-0.2, -0.15) is 5.26 Å². The Morgan fingerprint density at radius 3 is 3.13 bits per heavy atom. The zero-order chi connectivity index (χ0) is 11.3. The number of carboxylic acid groups (broad SMARTS) is 1. The van der Waals surface area contributed by atoms with Gasteiger partial charge in [0, 0.05) is 11.4 Å². The molecule has 15 heavy (non-hydrogen) atoms. The van der Waals surface area contributed by atoms with Crippen LogP contribution in [0.25, 0.3) is 0 Å². The van der Waals surface area contributed by atoms with Gasteiger partial charge in [-0.3, -0.25) is 4.79 Å². The second-order valence-corrected chi connectivity index (χ2v) is 4.48. The summed E-state index contributed by atoms with van der Waals surface area (Å²) in [5.41, 5.74) is 0.537. The number of hydrogen-bond acceptors (Lipinski definition) is 4. The van der Waals surface area contributed by atoms with Crippen LogP contribution >= 0.6 is 11.8 Å². The molecule has 1 N–H and O–H groups in total. The first kappa shape index (κ1) is 11.5. The molecule has 1 rings (SSSR count). The lowest BCUT2D eigenvalue weighted by molar-refractivity contribution is -0.136. The number of carboxylic acids is 1. The molecule has 0 spiro atoms. The molecular weight excluding hydrogens is 212 g/mol. The van der Waals surface area contributed by atoms with Crippen LogP contribution < -0.4 is 0 Å². The van der Waals surface area contributed by atoms with E-state index in [1.165, 1.54) is 11.8 Å². The van der Waals surface area contributed by atoms with Gasteiger partial charge in [-0.25, -0.2) is 4.98 Å². The van der Waals surface area contributed by atoms with Gasteiger partial charge in [0.1, 0.15) is 0 Å². The number of hydrogen-bond donors (Lipinski definition) is 1. The predicted molar refractivity (Wildman–Crippen MR) is 56.5 cm³/mol. The Hall–Kier alpha value is -1.54. The van der Waals surface area contributed by atoms with Crippen LogP contribution in [0.15, 0.2) is 23.4 Å². The highest BCUT2D eigenvalue weighted by atomic mass is 32.2. The van der Waals surface area contributed by atoms with Crippen molar-refractivity contribution in [2.24, 2.45) is 0 Å². The van der Waals surface area contributed by atoms with Crippen LogP contribution in [0.1, 0.15) is 18.9 Å². The number of nitriles is 1. The minimum absolute atomic E-state index is 0.0519. The van der Waals surface area contributed by atoms with Gasteiger partial charge in [0.2, 0.25) is 0 Å². The lowest BCUT2D eigenvalue weighted by Crippen LogP contribution is -2.05. The van der Waals surface area contributed by atoms with Crippen molar-refractivity contribution >= 4 is 17.7 Å². The summed E-state index contributed by atoms with van der Waals surface area (Å²) in [4.78, 5) is 14.5. The molecule has 0 fully saturated rings. The molecule has 0 saturated carbocycles. The Balaban J connectivity index is 2.64. The first-order valence-electron chi connectivity index (χ1n) is 4.36. The molecule has 5 heteroatoms. The summed E-state index contributed by atoms with van der Waals surface area (Å²) in [7, 11) is 0. The molecule has 0 bridgehead atoms. The van der Waals surface area contributed by atoms with Gasteiger partial charge in [-0.05, 0) is 12.1 Å². The summed E-state index contributed by atoms with van der Waals surface area (Å²) in [6, 6.07) is 5.28. The summed E-state index contributed by atoms with van der Waals surface area (Å²) in [6.07, 6.45) is 1.64. The second kappa shape index (κ2) is 5.37. The molecule has 1 atom stereocenters. The molecular formula is C10H10N2O2S. The van der Waals surface area contributed by atoms with Gasteiger partial charge in [0.25, 0.3) is 0 Å². The van der Waals surface area contributed by atoms with Gasteiger partial charge in [0.05, 0.1) is 23.1 Å². The number of aliphatic carboxylic acids is 1. The topological polar surface area (TPSA) is 74.0 Å². The van der Waals surface area contributed by atoms with Crippen molar-refractivity contribution < 1.29 is 9.90 Å². The third-order valence-corrected chi connectivity index (χ3v) is 2.68. The summed E-state index contributed by atoms with van der Waals surface area (Å²) in [6.45, 7) is 1.82. The maximum Gasteiger partial charge on any atom is 0.304 e. The average molecular weight is 222 g/mol. The maximum absolute atomic E-state index is 10.4. The molecule has 0 amide bonds. The van der Waals surface area contributed by atoms with E-state index in [4.69, 9.17) is 10.4 Å². The molecule has 1 aromatic heterocycles. The number of carbonyl (C=O) groups is 1. The Labute approximate surface area is 91.9 Å². The van der Waals surface area contributed by atoms with Crippen molar-refractivity contribution in [1.29, 1.82) is 5.26 Å². The standard InChI is InChI=1S/C10H10N2O2S/c1-7(4-10(13)14)15-9-5-8(6-11)2-3-12-9/h2-3,5,7H,4H2,1H3,(H,13,14). The van der Waals surface area contributed by atoms with Crippen LogP contribution in [0.5, 0.6) is 0 Å². The van der Waals surface area contributed by atoms with Gasteiger partial charge in [-0.1, -0.05) is 6.92 Å². The van der Waals surface area contributed by atoms with E-state index in [1.807, 2.05) is 13.0 Å². The molecule has 0 saturated heterocycles. The highest BCUT2D eigenvalue weighted by molar-refractivity contribution is 7.99. The molecule has 1 heterocycles. The highest BCUT2D eigenvalue weighted by Gasteiger charge is 2.10. The van der Waals surface area contributed by atoms with E-state index in [0.717, 1.165) is 0 Å².